The van der Waals surface area contributed by atoms with Gasteiger partial charge in [0.15, 0.2) is 0 Å². The first-order chi connectivity index (χ1) is 11.3. The molecule has 1 aliphatic heterocycles. The van der Waals surface area contributed by atoms with Crippen LogP contribution in [-0.2, 0) is 6.54 Å². The van der Waals surface area contributed by atoms with Gasteiger partial charge in [0.2, 0.25) is 0 Å². The molecule has 0 aliphatic carbocycles. The number of aliphatic hydroxyl groups is 1. The second kappa shape index (κ2) is 5.83. The zero-order chi connectivity index (χ0) is 15.8. The Balaban J connectivity index is 1.91. The molecule has 0 fully saturated rings. The molecule has 23 heavy (non-hydrogen) atoms. The minimum absolute atomic E-state index is 0.477. The summed E-state index contributed by atoms with van der Waals surface area (Å²) in [5.74, 6) is 0.765. The number of fused-ring (bicyclic) bond motifs is 1. The maximum Gasteiger partial charge on any atom is 0.138 e. The van der Waals surface area contributed by atoms with Gasteiger partial charge in [-0.05, 0) is 36.9 Å². The van der Waals surface area contributed by atoms with Crippen LogP contribution in [0.15, 0.2) is 53.7 Å². The molecule has 116 valence electrons. The SMILES string of the molecule is CSc1ccc(-c2nc3n(c2-c2ccncc2)CCC3O)cc1. The van der Waals surface area contributed by atoms with Crippen LogP contribution >= 0.6 is 11.8 Å². The maximum atomic E-state index is 10.2. The van der Waals surface area contributed by atoms with E-state index < -0.39 is 6.10 Å². The molecule has 4 rings (SSSR count). The molecule has 5 heteroatoms. The molecule has 1 aromatic carbocycles. The molecular weight excluding hydrogens is 306 g/mol. The topological polar surface area (TPSA) is 50.9 Å². The van der Waals surface area contributed by atoms with E-state index in [9.17, 15) is 5.11 Å². The van der Waals surface area contributed by atoms with Gasteiger partial charge in [-0.1, -0.05) is 12.1 Å². The molecule has 1 aliphatic rings. The van der Waals surface area contributed by atoms with Crippen molar-refractivity contribution in [1.29, 1.82) is 0 Å². The van der Waals surface area contributed by atoms with E-state index in [1.807, 2.05) is 12.1 Å². The van der Waals surface area contributed by atoms with Gasteiger partial charge in [-0.15, -0.1) is 11.8 Å². The summed E-state index contributed by atoms with van der Waals surface area (Å²) in [6.07, 6.45) is 5.91. The van der Waals surface area contributed by atoms with Gasteiger partial charge in [-0.2, -0.15) is 0 Å². The molecule has 1 N–H and O–H groups in total. The predicted molar refractivity (Wildman–Crippen MR) is 92.3 cm³/mol. The minimum atomic E-state index is -0.477. The molecule has 0 saturated heterocycles. The molecule has 3 aromatic rings. The van der Waals surface area contributed by atoms with Crippen molar-refractivity contribution < 1.29 is 5.11 Å². The first-order valence-corrected chi connectivity index (χ1v) is 8.83. The Kier molecular flexibility index (Phi) is 3.67. The summed E-state index contributed by atoms with van der Waals surface area (Å²) in [4.78, 5) is 10.1. The van der Waals surface area contributed by atoms with Gasteiger partial charge < -0.3 is 9.67 Å². The van der Waals surface area contributed by atoms with Crippen LogP contribution in [-0.4, -0.2) is 25.9 Å². The molecule has 4 nitrogen and oxygen atoms in total. The summed E-state index contributed by atoms with van der Waals surface area (Å²) in [5, 5.41) is 10.2. The van der Waals surface area contributed by atoms with Crippen LogP contribution in [0.25, 0.3) is 22.5 Å². The van der Waals surface area contributed by atoms with Crippen molar-refractivity contribution in [2.75, 3.05) is 6.26 Å². The summed E-state index contributed by atoms with van der Waals surface area (Å²) >= 11 is 1.72. The zero-order valence-corrected chi connectivity index (χ0v) is 13.6. The Morgan fingerprint density at radius 2 is 1.83 bits per heavy atom. The van der Waals surface area contributed by atoms with Gasteiger partial charge in [0.1, 0.15) is 11.9 Å². The molecule has 3 heterocycles. The first kappa shape index (κ1) is 14.5. The number of imidazole rings is 1. The molecule has 1 atom stereocenters. The van der Waals surface area contributed by atoms with Crippen LogP contribution in [0.3, 0.4) is 0 Å². The van der Waals surface area contributed by atoms with Crippen LogP contribution in [0.2, 0.25) is 0 Å². The third-order valence-electron chi connectivity index (χ3n) is 4.24. The van der Waals surface area contributed by atoms with E-state index in [4.69, 9.17) is 4.98 Å². The number of thioether (sulfide) groups is 1. The number of benzene rings is 1. The van der Waals surface area contributed by atoms with Crippen LogP contribution in [0.1, 0.15) is 18.3 Å². The standard InChI is InChI=1S/C18H17N3OS/c1-23-14-4-2-12(3-5-14)16-17(13-6-9-19-10-7-13)21-11-8-15(22)18(21)20-16/h2-7,9-10,15,22H,8,11H2,1H3. The minimum Gasteiger partial charge on any atom is -0.385 e. The van der Waals surface area contributed by atoms with Gasteiger partial charge in [0.25, 0.3) is 0 Å². The number of aliphatic hydroxyl groups excluding tert-OH is 1. The van der Waals surface area contributed by atoms with E-state index >= 15 is 0 Å². The highest BCUT2D eigenvalue weighted by molar-refractivity contribution is 7.98. The smallest absolute Gasteiger partial charge is 0.138 e. The Bertz CT molecular complexity index is 827. The summed E-state index contributed by atoms with van der Waals surface area (Å²) < 4.78 is 2.14. The lowest BCUT2D eigenvalue weighted by Crippen LogP contribution is -1.96. The van der Waals surface area contributed by atoms with Crippen LogP contribution in [0, 0.1) is 0 Å². The van der Waals surface area contributed by atoms with Crippen molar-refractivity contribution in [3.8, 4) is 22.5 Å². The van der Waals surface area contributed by atoms with Gasteiger partial charge >= 0.3 is 0 Å². The second-order valence-electron chi connectivity index (χ2n) is 5.59. The van der Waals surface area contributed by atoms with Crippen molar-refractivity contribution in [1.82, 2.24) is 14.5 Å². The van der Waals surface area contributed by atoms with E-state index in [1.54, 1.807) is 24.2 Å². The number of aromatic nitrogens is 3. The quantitative estimate of drug-likeness (QED) is 0.746. The fourth-order valence-electron chi connectivity index (χ4n) is 3.08. The largest absolute Gasteiger partial charge is 0.385 e. The predicted octanol–water partition coefficient (Wildman–Crippen LogP) is 3.77. The summed E-state index contributed by atoms with van der Waals surface area (Å²) in [7, 11) is 0. The molecular formula is C18H17N3OS. The first-order valence-electron chi connectivity index (χ1n) is 7.61. The van der Waals surface area contributed by atoms with Crippen LogP contribution in [0.4, 0.5) is 0 Å². The van der Waals surface area contributed by atoms with E-state index in [1.165, 1.54) is 4.90 Å². The van der Waals surface area contributed by atoms with Crippen molar-refractivity contribution in [2.45, 2.75) is 24.0 Å². The molecule has 0 saturated carbocycles. The number of hydrogen-bond donors (Lipinski definition) is 1. The fourth-order valence-corrected chi connectivity index (χ4v) is 3.49. The molecule has 0 spiro atoms. The van der Waals surface area contributed by atoms with Gasteiger partial charge in [-0.3, -0.25) is 4.98 Å². The monoisotopic (exact) mass is 323 g/mol. The summed E-state index contributed by atoms with van der Waals surface area (Å²) in [5.41, 5.74) is 4.15. The van der Waals surface area contributed by atoms with Gasteiger partial charge in [-0.25, -0.2) is 4.98 Å². The third-order valence-corrected chi connectivity index (χ3v) is 4.98. The van der Waals surface area contributed by atoms with Crippen molar-refractivity contribution in [2.24, 2.45) is 0 Å². The number of rotatable bonds is 3. The normalized spacial score (nSPS) is 16.5. The van der Waals surface area contributed by atoms with E-state index in [0.29, 0.717) is 0 Å². The Labute approximate surface area is 139 Å². The Hall–Kier alpha value is -2.11. The van der Waals surface area contributed by atoms with Crippen molar-refractivity contribution >= 4 is 11.8 Å². The highest BCUT2D eigenvalue weighted by Crippen LogP contribution is 2.38. The molecule has 2 aromatic heterocycles. The number of hydrogen-bond acceptors (Lipinski definition) is 4. The summed E-state index contributed by atoms with van der Waals surface area (Å²) in [6.45, 7) is 0.796. The highest BCUT2D eigenvalue weighted by atomic mass is 32.2. The Morgan fingerprint density at radius 1 is 1.09 bits per heavy atom. The van der Waals surface area contributed by atoms with Crippen LogP contribution < -0.4 is 0 Å². The Morgan fingerprint density at radius 3 is 2.52 bits per heavy atom. The van der Waals surface area contributed by atoms with E-state index in [0.717, 1.165) is 41.3 Å². The zero-order valence-electron chi connectivity index (χ0n) is 12.8. The van der Waals surface area contributed by atoms with E-state index in [-0.39, 0.29) is 0 Å². The lowest BCUT2D eigenvalue weighted by Gasteiger charge is -2.08. The molecule has 0 bridgehead atoms. The lowest BCUT2D eigenvalue weighted by atomic mass is 10.1. The maximum absolute atomic E-state index is 10.2. The van der Waals surface area contributed by atoms with Gasteiger partial charge in [0, 0.05) is 35.0 Å². The summed E-state index contributed by atoms with van der Waals surface area (Å²) in [6, 6.07) is 12.4. The van der Waals surface area contributed by atoms with Gasteiger partial charge in [0.05, 0.1) is 11.4 Å². The molecule has 0 radical (unpaired) electrons. The second-order valence-corrected chi connectivity index (χ2v) is 6.47. The van der Waals surface area contributed by atoms with Crippen molar-refractivity contribution in [3.63, 3.8) is 0 Å². The fraction of sp³-hybridized carbons (Fsp3) is 0.222. The van der Waals surface area contributed by atoms with Crippen molar-refractivity contribution in [3.05, 3.63) is 54.6 Å². The molecule has 1 unspecified atom stereocenters. The van der Waals surface area contributed by atoms with Crippen LogP contribution in [0.5, 0.6) is 0 Å². The number of nitrogens with zero attached hydrogens (tertiary/aromatic N) is 3. The average molecular weight is 323 g/mol. The number of pyridine rings is 1. The third kappa shape index (κ3) is 2.46. The molecule has 0 amide bonds. The average Bonchev–Trinajstić information content (AvgIpc) is 3.16. The highest BCUT2D eigenvalue weighted by Gasteiger charge is 2.28. The lowest BCUT2D eigenvalue weighted by molar-refractivity contribution is 0.176. The van der Waals surface area contributed by atoms with E-state index in [2.05, 4.69) is 40.1 Å².